The van der Waals surface area contributed by atoms with Gasteiger partial charge < -0.3 is 11.1 Å². The molecule has 0 aliphatic rings. The third kappa shape index (κ3) is 5.67. The van der Waals surface area contributed by atoms with E-state index in [2.05, 4.69) is 36.3 Å². The van der Waals surface area contributed by atoms with E-state index in [1.807, 2.05) is 27.7 Å². The fourth-order valence-electron chi connectivity index (χ4n) is 2.56. The van der Waals surface area contributed by atoms with Gasteiger partial charge in [-0.05, 0) is 58.7 Å². The molecular weight excluding hydrogens is 282 g/mol. The predicted molar refractivity (Wildman–Crippen MR) is 89.5 cm³/mol. The molecule has 0 fully saturated rings. The van der Waals surface area contributed by atoms with Gasteiger partial charge in [0.05, 0.1) is 10.6 Å². The Balaban J connectivity index is 2.78. The van der Waals surface area contributed by atoms with Crippen molar-refractivity contribution >= 4 is 17.7 Å². The van der Waals surface area contributed by atoms with Crippen LogP contribution in [0.5, 0.6) is 0 Å². The molecule has 118 valence electrons. The number of aromatic nitrogens is 1. The molecule has 0 bridgehead atoms. The standard InChI is InChI=1S/C16H27N3OS/c1-10(2)19-16(6,15(17)20)9-13(5)21-14-8-11(3)7-12(4)18-14/h7-8,10,13,19H,9H2,1-6H3,(H2,17,20). The molecule has 3 N–H and O–H groups in total. The van der Waals surface area contributed by atoms with Gasteiger partial charge in [0.1, 0.15) is 0 Å². The van der Waals surface area contributed by atoms with Crippen molar-refractivity contribution in [3.63, 3.8) is 0 Å². The van der Waals surface area contributed by atoms with Crippen LogP contribution < -0.4 is 11.1 Å². The Morgan fingerprint density at radius 2 is 2.00 bits per heavy atom. The summed E-state index contributed by atoms with van der Waals surface area (Å²) in [5.41, 5.74) is 7.11. The summed E-state index contributed by atoms with van der Waals surface area (Å²) in [6, 6.07) is 4.34. The van der Waals surface area contributed by atoms with E-state index in [9.17, 15) is 4.79 Å². The number of pyridine rings is 1. The van der Waals surface area contributed by atoms with E-state index in [1.165, 1.54) is 5.56 Å². The smallest absolute Gasteiger partial charge is 0.237 e. The zero-order valence-electron chi connectivity index (χ0n) is 13.9. The first kappa shape index (κ1) is 18.0. The topological polar surface area (TPSA) is 68.0 Å². The molecule has 21 heavy (non-hydrogen) atoms. The second-order valence-corrected chi connectivity index (χ2v) is 7.71. The van der Waals surface area contributed by atoms with E-state index < -0.39 is 5.54 Å². The van der Waals surface area contributed by atoms with Crippen molar-refractivity contribution in [2.45, 2.75) is 69.8 Å². The average Bonchev–Trinajstić information content (AvgIpc) is 2.24. The highest BCUT2D eigenvalue weighted by molar-refractivity contribution is 7.99. The van der Waals surface area contributed by atoms with E-state index >= 15 is 0 Å². The van der Waals surface area contributed by atoms with Crippen molar-refractivity contribution in [3.8, 4) is 0 Å². The zero-order valence-corrected chi connectivity index (χ0v) is 14.7. The van der Waals surface area contributed by atoms with Gasteiger partial charge >= 0.3 is 0 Å². The van der Waals surface area contributed by atoms with Crippen molar-refractivity contribution in [1.29, 1.82) is 0 Å². The van der Waals surface area contributed by atoms with Crippen molar-refractivity contribution in [2.75, 3.05) is 0 Å². The molecule has 1 aromatic heterocycles. The summed E-state index contributed by atoms with van der Waals surface area (Å²) in [7, 11) is 0. The number of nitrogens with zero attached hydrogens (tertiary/aromatic N) is 1. The fourth-order valence-corrected chi connectivity index (χ4v) is 3.83. The summed E-state index contributed by atoms with van der Waals surface area (Å²) >= 11 is 1.68. The van der Waals surface area contributed by atoms with E-state index in [1.54, 1.807) is 11.8 Å². The molecule has 1 aromatic rings. The maximum Gasteiger partial charge on any atom is 0.237 e. The minimum atomic E-state index is -0.695. The Kier molecular flexibility index (Phi) is 6.23. The van der Waals surface area contributed by atoms with E-state index in [0.29, 0.717) is 6.42 Å². The summed E-state index contributed by atoms with van der Waals surface area (Å²) in [5, 5.41) is 4.52. The van der Waals surface area contributed by atoms with Gasteiger partial charge in [-0.25, -0.2) is 4.98 Å². The van der Waals surface area contributed by atoms with Crippen LogP contribution in [0.1, 0.15) is 45.4 Å². The van der Waals surface area contributed by atoms with Crippen molar-refractivity contribution < 1.29 is 4.79 Å². The second-order valence-electron chi connectivity index (χ2n) is 6.25. The normalized spacial score (nSPS) is 15.8. The highest BCUT2D eigenvalue weighted by Gasteiger charge is 2.33. The number of primary amides is 1. The Morgan fingerprint density at radius 1 is 1.38 bits per heavy atom. The van der Waals surface area contributed by atoms with Crippen LogP contribution in [-0.2, 0) is 4.79 Å². The average molecular weight is 309 g/mol. The minimum Gasteiger partial charge on any atom is -0.368 e. The molecule has 0 spiro atoms. The summed E-state index contributed by atoms with van der Waals surface area (Å²) in [5.74, 6) is -0.308. The number of hydrogen-bond acceptors (Lipinski definition) is 4. The maximum absolute atomic E-state index is 11.8. The molecule has 1 rings (SSSR count). The van der Waals surface area contributed by atoms with Gasteiger partial charge in [-0.15, -0.1) is 11.8 Å². The third-order valence-electron chi connectivity index (χ3n) is 3.24. The number of amides is 1. The number of carbonyl (C=O) groups excluding carboxylic acids is 1. The molecule has 5 heteroatoms. The van der Waals surface area contributed by atoms with Gasteiger partial charge in [0.2, 0.25) is 5.91 Å². The van der Waals surface area contributed by atoms with Crippen molar-refractivity contribution in [3.05, 3.63) is 23.4 Å². The molecule has 4 nitrogen and oxygen atoms in total. The Bertz CT molecular complexity index is 484. The van der Waals surface area contributed by atoms with E-state index in [0.717, 1.165) is 10.7 Å². The van der Waals surface area contributed by atoms with Gasteiger partial charge in [0.25, 0.3) is 0 Å². The van der Waals surface area contributed by atoms with Crippen LogP contribution in [0.25, 0.3) is 0 Å². The van der Waals surface area contributed by atoms with Crippen LogP contribution in [0.2, 0.25) is 0 Å². The molecule has 0 aromatic carbocycles. The molecule has 0 saturated carbocycles. The Labute approximate surface area is 132 Å². The molecule has 2 atom stereocenters. The Morgan fingerprint density at radius 3 is 2.48 bits per heavy atom. The number of thioether (sulfide) groups is 1. The van der Waals surface area contributed by atoms with Gasteiger partial charge in [0, 0.05) is 17.0 Å². The molecule has 0 radical (unpaired) electrons. The first-order valence-electron chi connectivity index (χ1n) is 7.32. The molecule has 1 amide bonds. The molecule has 2 unspecified atom stereocenters. The van der Waals surface area contributed by atoms with Crippen LogP contribution in [0.3, 0.4) is 0 Å². The van der Waals surface area contributed by atoms with Crippen LogP contribution >= 0.6 is 11.8 Å². The van der Waals surface area contributed by atoms with Crippen LogP contribution in [0.15, 0.2) is 17.2 Å². The molecular formula is C16H27N3OS. The second kappa shape index (κ2) is 7.27. The lowest BCUT2D eigenvalue weighted by Crippen LogP contribution is -2.56. The maximum atomic E-state index is 11.8. The molecule has 0 aliphatic carbocycles. The first-order chi connectivity index (χ1) is 9.62. The number of hydrogen-bond donors (Lipinski definition) is 2. The SMILES string of the molecule is Cc1cc(C)nc(SC(C)CC(C)(NC(C)C)C(N)=O)c1. The fraction of sp³-hybridized carbons (Fsp3) is 0.625. The quantitative estimate of drug-likeness (QED) is 0.760. The summed E-state index contributed by atoms with van der Waals surface area (Å²) in [6.45, 7) is 12.1. The number of aryl methyl sites for hydroxylation is 2. The lowest BCUT2D eigenvalue weighted by atomic mass is 9.94. The van der Waals surface area contributed by atoms with Crippen LogP contribution in [0.4, 0.5) is 0 Å². The molecule has 0 saturated heterocycles. The van der Waals surface area contributed by atoms with Crippen LogP contribution in [0, 0.1) is 13.8 Å². The minimum absolute atomic E-state index is 0.207. The highest BCUT2D eigenvalue weighted by atomic mass is 32.2. The van der Waals surface area contributed by atoms with Crippen molar-refractivity contribution in [1.82, 2.24) is 10.3 Å². The number of carbonyl (C=O) groups is 1. The predicted octanol–water partition coefficient (Wildman–Crippen LogP) is 2.81. The lowest BCUT2D eigenvalue weighted by molar-refractivity contribution is -0.124. The number of nitrogens with one attached hydrogen (secondary N) is 1. The molecule has 1 heterocycles. The third-order valence-corrected chi connectivity index (χ3v) is 4.26. The lowest BCUT2D eigenvalue weighted by Gasteiger charge is -2.32. The van der Waals surface area contributed by atoms with E-state index in [4.69, 9.17) is 5.73 Å². The summed E-state index contributed by atoms with van der Waals surface area (Å²) in [4.78, 5) is 16.3. The van der Waals surface area contributed by atoms with Crippen LogP contribution in [-0.4, -0.2) is 27.7 Å². The zero-order chi connectivity index (χ0) is 16.2. The Hall–Kier alpha value is -1.07. The largest absolute Gasteiger partial charge is 0.368 e. The highest BCUT2D eigenvalue weighted by Crippen LogP contribution is 2.28. The van der Waals surface area contributed by atoms with Gasteiger partial charge in [-0.2, -0.15) is 0 Å². The monoisotopic (exact) mass is 309 g/mol. The summed E-state index contributed by atoms with van der Waals surface area (Å²) < 4.78 is 0. The van der Waals surface area contributed by atoms with Gasteiger partial charge in [0.15, 0.2) is 0 Å². The molecule has 0 aliphatic heterocycles. The van der Waals surface area contributed by atoms with Crippen molar-refractivity contribution in [2.24, 2.45) is 5.73 Å². The van der Waals surface area contributed by atoms with E-state index in [-0.39, 0.29) is 17.2 Å². The van der Waals surface area contributed by atoms with Gasteiger partial charge in [-0.3, -0.25) is 4.79 Å². The number of rotatable bonds is 7. The summed E-state index contributed by atoms with van der Waals surface area (Å²) in [6.07, 6.45) is 0.667. The van der Waals surface area contributed by atoms with Gasteiger partial charge in [-0.1, -0.05) is 6.92 Å². The first-order valence-corrected chi connectivity index (χ1v) is 8.20. The number of nitrogens with two attached hydrogens (primary N) is 1.